The quantitative estimate of drug-likeness (QED) is 0.155. The molecule has 0 radical (unpaired) electrons. The van der Waals surface area contributed by atoms with E-state index in [2.05, 4.69) is 0 Å². The van der Waals surface area contributed by atoms with Gasteiger partial charge in [-0.05, 0) is 73.7 Å². The smallest absolute Gasteiger partial charge is 0.304 e. The zero-order valence-electron chi connectivity index (χ0n) is 23.3. The average Bonchev–Trinajstić information content (AvgIpc) is 2.95. The second-order valence-corrected chi connectivity index (χ2v) is 11.2. The number of thioether (sulfide) groups is 1. The molecular formula is C32H35NO6S. The van der Waals surface area contributed by atoms with Gasteiger partial charge in [0.15, 0.2) is 0 Å². The minimum atomic E-state index is -1.44. The fourth-order valence-corrected chi connectivity index (χ4v) is 6.49. The van der Waals surface area contributed by atoms with Crippen LogP contribution in [0.3, 0.4) is 0 Å². The summed E-state index contributed by atoms with van der Waals surface area (Å²) in [5, 5.41) is 0. The third kappa shape index (κ3) is 6.67. The summed E-state index contributed by atoms with van der Waals surface area (Å²) in [7, 11) is 3.25. The predicted octanol–water partition coefficient (Wildman–Crippen LogP) is 5.49. The van der Waals surface area contributed by atoms with Gasteiger partial charge in [-0.3, -0.25) is 9.59 Å². The third-order valence-corrected chi connectivity index (χ3v) is 8.38. The minimum absolute atomic E-state index is 0.0163. The molecule has 1 amide bonds. The van der Waals surface area contributed by atoms with Gasteiger partial charge in [0.1, 0.15) is 17.3 Å². The number of amides is 1. The molecule has 1 aliphatic rings. The largest absolute Gasteiger partial charge is 0.497 e. The van der Waals surface area contributed by atoms with Gasteiger partial charge >= 0.3 is 5.97 Å². The summed E-state index contributed by atoms with van der Waals surface area (Å²) in [5.41, 5.74) is 2.08. The lowest BCUT2D eigenvalue weighted by Gasteiger charge is -2.57. The van der Waals surface area contributed by atoms with E-state index in [0.717, 1.165) is 27.5 Å². The number of nitrogens with zero attached hydrogens (tertiary/aromatic N) is 1. The van der Waals surface area contributed by atoms with Crippen LogP contribution >= 0.6 is 11.8 Å². The molecule has 1 fully saturated rings. The zero-order chi connectivity index (χ0) is 28.7. The molecule has 1 heterocycles. The second-order valence-electron chi connectivity index (χ2n) is 9.90. The number of ether oxygens (including phenoxy) is 3. The number of carbonyl (C=O) groups is 3. The SMILES string of the molecule is COc1ccc(CC(Cc2ccc(OC)cc2)N2C(=O)C(OC(C)=O)(Sc3ccccc3)C2CCC(C)=O)cc1. The van der Waals surface area contributed by atoms with Crippen LogP contribution in [-0.4, -0.2) is 53.8 Å². The Labute approximate surface area is 239 Å². The lowest BCUT2D eigenvalue weighted by molar-refractivity contribution is -0.193. The molecule has 0 bridgehead atoms. The van der Waals surface area contributed by atoms with Crippen LogP contribution in [0.25, 0.3) is 0 Å². The molecule has 3 aromatic carbocycles. The maximum atomic E-state index is 14.2. The summed E-state index contributed by atoms with van der Waals surface area (Å²) < 4.78 is 16.5. The summed E-state index contributed by atoms with van der Waals surface area (Å²) in [6.45, 7) is 2.85. The Kier molecular flexibility index (Phi) is 9.53. The highest BCUT2D eigenvalue weighted by atomic mass is 32.2. The molecule has 8 heteroatoms. The Morgan fingerprint density at radius 1 is 0.850 bits per heavy atom. The second kappa shape index (κ2) is 13.0. The van der Waals surface area contributed by atoms with Crippen LogP contribution < -0.4 is 9.47 Å². The molecule has 0 aromatic heterocycles. The molecule has 2 unspecified atom stereocenters. The van der Waals surface area contributed by atoms with Crippen molar-refractivity contribution in [2.75, 3.05) is 14.2 Å². The Balaban J connectivity index is 1.72. The number of likely N-dealkylation sites (tertiary alicyclic amines) is 1. The Morgan fingerprint density at radius 3 is 1.82 bits per heavy atom. The molecule has 2 atom stereocenters. The topological polar surface area (TPSA) is 82.1 Å². The summed E-state index contributed by atoms with van der Waals surface area (Å²) in [6, 6.07) is 24.3. The minimum Gasteiger partial charge on any atom is -0.497 e. The van der Waals surface area contributed by atoms with Crippen molar-refractivity contribution in [1.82, 2.24) is 4.90 Å². The van der Waals surface area contributed by atoms with E-state index < -0.39 is 16.9 Å². The summed E-state index contributed by atoms with van der Waals surface area (Å²) in [4.78, 5) is 39.9. The van der Waals surface area contributed by atoms with Gasteiger partial charge in [0.05, 0.1) is 20.3 Å². The standard InChI is InChI=1S/C32H35NO6S/c1-22(34)10-19-30-32(39-23(2)35,40-29-8-6-5-7-9-29)31(36)33(30)26(20-24-11-15-27(37-3)16-12-24)21-25-13-17-28(38-4)18-14-25/h5-9,11-18,26,30H,10,19-21H2,1-4H3. The lowest BCUT2D eigenvalue weighted by atomic mass is 9.85. The molecule has 0 aliphatic carbocycles. The van der Waals surface area contributed by atoms with Gasteiger partial charge in [-0.25, -0.2) is 0 Å². The number of esters is 1. The van der Waals surface area contributed by atoms with Crippen molar-refractivity contribution in [3.63, 3.8) is 0 Å². The van der Waals surface area contributed by atoms with E-state index in [9.17, 15) is 14.4 Å². The van der Waals surface area contributed by atoms with Crippen LogP contribution in [0.4, 0.5) is 0 Å². The Bertz CT molecular complexity index is 1260. The first-order chi connectivity index (χ1) is 19.3. The highest BCUT2D eigenvalue weighted by Crippen LogP contribution is 2.50. The van der Waals surface area contributed by atoms with Gasteiger partial charge < -0.3 is 23.9 Å². The van der Waals surface area contributed by atoms with Gasteiger partial charge in [-0.15, -0.1) is 0 Å². The number of β-lactam (4-membered cyclic amide) rings is 1. The molecule has 1 aliphatic heterocycles. The maximum absolute atomic E-state index is 14.2. The number of hydrogen-bond donors (Lipinski definition) is 0. The summed E-state index contributed by atoms with van der Waals surface area (Å²) in [6.07, 6.45) is 1.80. The molecule has 0 saturated carbocycles. The van der Waals surface area contributed by atoms with Crippen LogP contribution in [0.1, 0.15) is 37.8 Å². The first kappa shape index (κ1) is 29.2. The van der Waals surface area contributed by atoms with E-state index in [1.54, 1.807) is 14.2 Å². The summed E-state index contributed by atoms with van der Waals surface area (Å²) in [5.74, 6) is 0.719. The van der Waals surface area contributed by atoms with Crippen LogP contribution in [-0.2, 0) is 32.0 Å². The molecule has 0 spiro atoms. The normalized spacial score (nSPS) is 18.3. The van der Waals surface area contributed by atoms with Crippen LogP contribution in [0.2, 0.25) is 0 Å². The predicted molar refractivity (Wildman–Crippen MR) is 155 cm³/mol. The van der Waals surface area contributed by atoms with Crippen molar-refractivity contribution in [1.29, 1.82) is 0 Å². The van der Waals surface area contributed by atoms with E-state index >= 15 is 0 Å². The van der Waals surface area contributed by atoms with E-state index in [1.165, 1.54) is 25.6 Å². The number of methoxy groups -OCH3 is 2. The van der Waals surface area contributed by atoms with E-state index in [0.29, 0.717) is 19.3 Å². The molecular weight excluding hydrogens is 526 g/mol. The molecule has 210 valence electrons. The van der Waals surface area contributed by atoms with E-state index in [1.807, 2.05) is 83.8 Å². The first-order valence-electron chi connectivity index (χ1n) is 13.3. The molecule has 3 aromatic rings. The maximum Gasteiger partial charge on any atom is 0.304 e. The molecule has 1 saturated heterocycles. The third-order valence-electron chi connectivity index (χ3n) is 7.04. The van der Waals surface area contributed by atoms with Crippen LogP contribution in [0.15, 0.2) is 83.8 Å². The molecule has 4 rings (SSSR count). The van der Waals surface area contributed by atoms with Crippen LogP contribution in [0, 0.1) is 0 Å². The first-order valence-corrected chi connectivity index (χ1v) is 14.1. The van der Waals surface area contributed by atoms with Crippen LogP contribution in [0.5, 0.6) is 11.5 Å². The zero-order valence-corrected chi connectivity index (χ0v) is 24.1. The summed E-state index contributed by atoms with van der Waals surface area (Å²) >= 11 is 1.24. The number of hydrogen-bond acceptors (Lipinski definition) is 7. The number of ketones is 1. The fraction of sp³-hybridized carbons (Fsp3) is 0.344. The number of benzene rings is 3. The molecule has 0 N–H and O–H groups in total. The van der Waals surface area contributed by atoms with Gasteiger partial charge in [-0.1, -0.05) is 54.2 Å². The Morgan fingerprint density at radius 2 is 1.38 bits per heavy atom. The monoisotopic (exact) mass is 561 g/mol. The van der Waals surface area contributed by atoms with Crippen molar-refractivity contribution >= 4 is 29.4 Å². The average molecular weight is 562 g/mol. The highest BCUT2D eigenvalue weighted by molar-refractivity contribution is 8.01. The molecule has 7 nitrogen and oxygen atoms in total. The van der Waals surface area contributed by atoms with Crippen molar-refractivity contribution in [3.8, 4) is 11.5 Å². The van der Waals surface area contributed by atoms with E-state index in [4.69, 9.17) is 14.2 Å². The van der Waals surface area contributed by atoms with Gasteiger partial charge in [-0.2, -0.15) is 0 Å². The van der Waals surface area contributed by atoms with E-state index in [-0.39, 0.29) is 24.2 Å². The van der Waals surface area contributed by atoms with Crippen molar-refractivity contribution in [2.24, 2.45) is 0 Å². The van der Waals surface area contributed by atoms with Crippen molar-refractivity contribution in [2.45, 2.75) is 61.4 Å². The number of Topliss-reactive ketones (excluding diaryl/α,β-unsaturated/α-hetero) is 1. The number of carbonyl (C=O) groups excluding carboxylic acids is 3. The van der Waals surface area contributed by atoms with Gasteiger partial charge in [0, 0.05) is 24.3 Å². The van der Waals surface area contributed by atoms with Crippen molar-refractivity contribution < 1.29 is 28.6 Å². The van der Waals surface area contributed by atoms with Crippen molar-refractivity contribution in [3.05, 3.63) is 90.0 Å². The highest BCUT2D eigenvalue weighted by Gasteiger charge is 2.65. The fourth-order valence-electron chi connectivity index (χ4n) is 5.13. The molecule has 40 heavy (non-hydrogen) atoms. The lowest BCUT2D eigenvalue weighted by Crippen LogP contribution is -2.76. The van der Waals surface area contributed by atoms with Gasteiger partial charge in [0.2, 0.25) is 0 Å². The van der Waals surface area contributed by atoms with Gasteiger partial charge in [0.25, 0.3) is 10.8 Å². The number of rotatable bonds is 13. The Hall–Kier alpha value is -3.78.